The Kier molecular flexibility index (Phi) is 6.08. The molecule has 0 radical (unpaired) electrons. The quantitative estimate of drug-likeness (QED) is 0.768. The van der Waals surface area contributed by atoms with Crippen molar-refractivity contribution in [1.29, 1.82) is 0 Å². The maximum Gasteiger partial charge on any atom is 0.243 e. The Morgan fingerprint density at radius 1 is 1.15 bits per heavy atom. The molecule has 0 saturated heterocycles. The number of halogens is 2. The minimum absolute atomic E-state index is 0.114. The molecule has 1 N–H and O–H groups in total. The monoisotopic (exact) mass is 423 g/mol. The molecule has 142 valence electrons. The fourth-order valence-electron chi connectivity index (χ4n) is 2.96. The Morgan fingerprint density at radius 3 is 2.48 bits per heavy atom. The van der Waals surface area contributed by atoms with Gasteiger partial charge >= 0.3 is 0 Å². The summed E-state index contributed by atoms with van der Waals surface area (Å²) >= 11 is 12.2. The van der Waals surface area contributed by atoms with Gasteiger partial charge in [0.1, 0.15) is 0 Å². The summed E-state index contributed by atoms with van der Waals surface area (Å²) in [5.74, 6) is 0. The molecule has 0 amide bonds. The van der Waals surface area contributed by atoms with Gasteiger partial charge in [-0.3, -0.25) is 0 Å². The van der Waals surface area contributed by atoms with Crippen molar-refractivity contribution >= 4 is 33.2 Å². The highest BCUT2D eigenvalue weighted by Gasteiger charge is 2.27. The number of rotatable bonds is 5. The van der Waals surface area contributed by atoms with Crippen LogP contribution in [0.15, 0.2) is 71.2 Å². The molecule has 4 nitrogen and oxygen atoms in total. The zero-order chi connectivity index (χ0) is 19.6. The van der Waals surface area contributed by atoms with E-state index in [0.717, 1.165) is 11.1 Å². The first-order valence-electron chi connectivity index (χ1n) is 8.34. The Morgan fingerprint density at radius 2 is 1.85 bits per heavy atom. The number of aliphatic hydroxyl groups is 1. The van der Waals surface area contributed by atoms with E-state index < -0.39 is 10.0 Å². The van der Waals surface area contributed by atoms with Gasteiger partial charge in [0.15, 0.2) is 0 Å². The Bertz CT molecular complexity index is 998. The third-order valence-corrected chi connectivity index (χ3v) is 6.98. The second-order valence-corrected chi connectivity index (χ2v) is 9.12. The molecule has 2 aromatic rings. The van der Waals surface area contributed by atoms with Crippen LogP contribution >= 0.6 is 23.2 Å². The van der Waals surface area contributed by atoms with Crippen LogP contribution in [-0.2, 0) is 10.0 Å². The number of benzene rings is 2. The lowest BCUT2D eigenvalue weighted by atomic mass is 10.0. The van der Waals surface area contributed by atoms with E-state index in [-0.39, 0.29) is 17.5 Å². The fraction of sp³-hybridized carbons (Fsp3) is 0.200. The first-order valence-corrected chi connectivity index (χ1v) is 10.5. The predicted octanol–water partition coefficient (Wildman–Crippen LogP) is 4.53. The summed E-state index contributed by atoms with van der Waals surface area (Å²) in [4.78, 5) is 0.201. The van der Waals surface area contributed by atoms with E-state index in [9.17, 15) is 13.5 Å². The average Bonchev–Trinajstić information content (AvgIpc) is 2.67. The standard InChI is InChI=1S/C20H19Cl2NO3S/c1-23(17-4-2-3-14(11-17)13-24)27(25,26)18-8-5-15(6-9-18)19-10-7-16(21)12-20(19)22/h2-3,5-12,17,24H,4,13H2,1H3. The van der Waals surface area contributed by atoms with Crippen LogP contribution in [0.2, 0.25) is 10.0 Å². The summed E-state index contributed by atoms with van der Waals surface area (Å²) in [7, 11) is -2.12. The van der Waals surface area contributed by atoms with Gasteiger partial charge in [-0.1, -0.05) is 59.6 Å². The number of sulfonamides is 1. The summed E-state index contributed by atoms with van der Waals surface area (Å²) in [6.07, 6.45) is 6.02. The molecule has 1 aliphatic carbocycles. The fourth-order valence-corrected chi connectivity index (χ4v) is 4.80. The van der Waals surface area contributed by atoms with E-state index >= 15 is 0 Å². The van der Waals surface area contributed by atoms with Crippen LogP contribution < -0.4 is 0 Å². The van der Waals surface area contributed by atoms with Gasteiger partial charge in [0.25, 0.3) is 0 Å². The van der Waals surface area contributed by atoms with Gasteiger partial charge in [0, 0.05) is 28.7 Å². The van der Waals surface area contributed by atoms with Crippen molar-refractivity contribution in [3.05, 3.63) is 76.3 Å². The number of hydrogen-bond acceptors (Lipinski definition) is 3. The van der Waals surface area contributed by atoms with Gasteiger partial charge < -0.3 is 5.11 Å². The zero-order valence-electron chi connectivity index (χ0n) is 14.6. The molecule has 0 saturated carbocycles. The molecule has 0 aliphatic heterocycles. The minimum Gasteiger partial charge on any atom is -0.392 e. The van der Waals surface area contributed by atoms with Crippen LogP contribution in [0.1, 0.15) is 6.42 Å². The third kappa shape index (κ3) is 4.28. The van der Waals surface area contributed by atoms with Crippen molar-refractivity contribution in [1.82, 2.24) is 4.31 Å². The highest BCUT2D eigenvalue weighted by molar-refractivity contribution is 7.89. The molecule has 0 fully saturated rings. The van der Waals surface area contributed by atoms with Crippen molar-refractivity contribution in [2.45, 2.75) is 17.4 Å². The van der Waals surface area contributed by atoms with Crippen LogP contribution in [-0.4, -0.2) is 37.5 Å². The second-order valence-electron chi connectivity index (χ2n) is 6.27. The van der Waals surface area contributed by atoms with Gasteiger partial charge in [0.2, 0.25) is 10.0 Å². The predicted molar refractivity (Wildman–Crippen MR) is 110 cm³/mol. The maximum atomic E-state index is 13.0. The molecule has 2 aromatic carbocycles. The Balaban J connectivity index is 1.87. The number of hydrogen-bond donors (Lipinski definition) is 1. The van der Waals surface area contributed by atoms with Gasteiger partial charge in [-0.05, 0) is 41.8 Å². The minimum atomic E-state index is -3.67. The normalized spacial score (nSPS) is 17.2. The molecule has 1 unspecified atom stereocenters. The summed E-state index contributed by atoms with van der Waals surface area (Å²) in [5.41, 5.74) is 2.30. The lowest BCUT2D eigenvalue weighted by Crippen LogP contribution is -2.36. The number of nitrogens with zero attached hydrogens (tertiary/aromatic N) is 1. The van der Waals surface area contributed by atoms with Crippen LogP contribution in [0.4, 0.5) is 0 Å². The molecular formula is C20H19Cl2NO3S. The Labute approximate surface area is 169 Å². The first kappa shape index (κ1) is 20.1. The Hall–Kier alpha value is -1.63. The van der Waals surface area contributed by atoms with E-state index in [1.807, 2.05) is 12.2 Å². The highest BCUT2D eigenvalue weighted by atomic mass is 35.5. The van der Waals surface area contributed by atoms with E-state index in [2.05, 4.69) is 0 Å². The number of likely N-dealkylation sites (N-methyl/N-ethyl adjacent to an activating group) is 1. The molecule has 7 heteroatoms. The molecule has 1 aliphatic rings. The van der Waals surface area contributed by atoms with E-state index in [1.165, 1.54) is 4.31 Å². The molecule has 0 bridgehead atoms. The third-order valence-electron chi connectivity index (χ3n) is 4.54. The lowest BCUT2D eigenvalue weighted by Gasteiger charge is -2.26. The van der Waals surface area contributed by atoms with Gasteiger partial charge in [0.05, 0.1) is 11.5 Å². The average molecular weight is 424 g/mol. The molecule has 0 spiro atoms. The van der Waals surface area contributed by atoms with Crippen molar-refractivity contribution in [3.8, 4) is 11.1 Å². The van der Waals surface area contributed by atoms with Crippen molar-refractivity contribution in [3.63, 3.8) is 0 Å². The lowest BCUT2D eigenvalue weighted by molar-refractivity contribution is 0.330. The van der Waals surface area contributed by atoms with Gasteiger partial charge in [-0.15, -0.1) is 0 Å². The largest absolute Gasteiger partial charge is 0.392 e. The van der Waals surface area contributed by atoms with Crippen molar-refractivity contribution in [2.75, 3.05) is 13.7 Å². The van der Waals surface area contributed by atoms with Crippen LogP contribution in [0.25, 0.3) is 11.1 Å². The van der Waals surface area contributed by atoms with E-state index in [4.69, 9.17) is 23.2 Å². The molecule has 0 aromatic heterocycles. The van der Waals surface area contributed by atoms with E-state index in [0.29, 0.717) is 22.0 Å². The topological polar surface area (TPSA) is 57.6 Å². The van der Waals surface area contributed by atoms with E-state index in [1.54, 1.807) is 55.6 Å². The summed E-state index contributed by atoms with van der Waals surface area (Å²) in [6.45, 7) is -0.114. The zero-order valence-corrected chi connectivity index (χ0v) is 17.0. The van der Waals surface area contributed by atoms with Crippen LogP contribution in [0.3, 0.4) is 0 Å². The van der Waals surface area contributed by atoms with Gasteiger partial charge in [-0.25, -0.2) is 8.42 Å². The van der Waals surface area contributed by atoms with Crippen molar-refractivity contribution in [2.24, 2.45) is 0 Å². The molecule has 3 rings (SSSR count). The highest BCUT2D eigenvalue weighted by Crippen LogP contribution is 2.31. The van der Waals surface area contributed by atoms with Crippen LogP contribution in [0.5, 0.6) is 0 Å². The van der Waals surface area contributed by atoms with Crippen LogP contribution in [0, 0.1) is 0 Å². The second kappa shape index (κ2) is 8.17. The first-order chi connectivity index (χ1) is 12.8. The SMILES string of the molecule is CN(C1C=C(CO)C=CC1)S(=O)(=O)c1ccc(-c2ccc(Cl)cc2Cl)cc1. The van der Waals surface area contributed by atoms with Gasteiger partial charge in [-0.2, -0.15) is 4.31 Å². The maximum absolute atomic E-state index is 13.0. The summed E-state index contributed by atoms with van der Waals surface area (Å²) in [6, 6.07) is 11.5. The smallest absolute Gasteiger partial charge is 0.243 e. The van der Waals surface area contributed by atoms with Crippen molar-refractivity contribution < 1.29 is 13.5 Å². The molecule has 0 heterocycles. The number of aliphatic hydroxyl groups excluding tert-OH is 1. The molecule has 27 heavy (non-hydrogen) atoms. The summed E-state index contributed by atoms with van der Waals surface area (Å²) in [5, 5.41) is 10.3. The molecule has 1 atom stereocenters. The summed E-state index contributed by atoms with van der Waals surface area (Å²) < 4.78 is 27.2. The molecular weight excluding hydrogens is 405 g/mol.